The molecule has 108 valence electrons. The number of methoxy groups -OCH3 is 1. The second-order valence-corrected chi connectivity index (χ2v) is 4.37. The number of imidazole rings is 1. The number of aliphatic hydroxyl groups excluding tert-OH is 1. The van der Waals surface area contributed by atoms with E-state index in [1.807, 2.05) is 0 Å². The number of nitrogens with one attached hydrogen (secondary N) is 1. The number of rotatable bonds is 7. The third-order valence-electron chi connectivity index (χ3n) is 2.86. The summed E-state index contributed by atoms with van der Waals surface area (Å²) in [5.74, 6) is -0.753. The van der Waals surface area contributed by atoms with Gasteiger partial charge in [0.25, 0.3) is 0 Å². The molecule has 1 unspecified atom stereocenters. The van der Waals surface area contributed by atoms with E-state index in [0.29, 0.717) is 24.4 Å². The van der Waals surface area contributed by atoms with Crippen LogP contribution in [-0.4, -0.2) is 51.9 Å². The quantitative estimate of drug-likeness (QED) is 0.695. The van der Waals surface area contributed by atoms with Gasteiger partial charge in [0.1, 0.15) is 5.65 Å². The largest absolute Gasteiger partial charge is 0.476 e. The van der Waals surface area contributed by atoms with Crippen LogP contribution in [0.4, 0.5) is 5.82 Å². The van der Waals surface area contributed by atoms with Crippen LogP contribution in [0.2, 0.25) is 0 Å². The first-order valence-corrected chi connectivity index (χ1v) is 6.24. The van der Waals surface area contributed by atoms with Crippen LogP contribution in [-0.2, 0) is 4.74 Å². The minimum absolute atomic E-state index is 0.0850. The van der Waals surface area contributed by atoms with Crippen LogP contribution >= 0.6 is 0 Å². The lowest BCUT2D eigenvalue weighted by Gasteiger charge is -2.09. The molecular formula is C13H17N3O4. The molecule has 2 aromatic rings. The maximum Gasteiger partial charge on any atom is 0.356 e. The summed E-state index contributed by atoms with van der Waals surface area (Å²) in [5, 5.41) is 21.8. The fourth-order valence-corrected chi connectivity index (χ4v) is 1.96. The lowest BCUT2D eigenvalue weighted by Crippen LogP contribution is -2.19. The van der Waals surface area contributed by atoms with Crippen molar-refractivity contribution >= 4 is 17.4 Å². The zero-order chi connectivity index (χ0) is 14.5. The van der Waals surface area contributed by atoms with Crippen molar-refractivity contribution in [3.05, 3.63) is 30.1 Å². The molecule has 0 aliphatic rings. The molecule has 0 fully saturated rings. The number of ether oxygens (including phenoxy) is 1. The number of hydrogen-bond donors (Lipinski definition) is 3. The maximum absolute atomic E-state index is 11.3. The minimum Gasteiger partial charge on any atom is -0.476 e. The molecule has 20 heavy (non-hydrogen) atoms. The number of anilines is 1. The van der Waals surface area contributed by atoms with E-state index in [9.17, 15) is 15.0 Å². The SMILES string of the molecule is COCC(O)CCNc1nc2ccccn2c1C(=O)O. The summed E-state index contributed by atoms with van der Waals surface area (Å²) in [6.45, 7) is 0.660. The molecule has 2 heterocycles. The van der Waals surface area contributed by atoms with Crippen molar-refractivity contribution in [1.29, 1.82) is 0 Å². The number of nitrogens with zero attached hydrogens (tertiary/aromatic N) is 2. The number of carboxylic acids is 1. The fraction of sp³-hybridized carbons (Fsp3) is 0.385. The molecule has 2 aromatic heterocycles. The van der Waals surface area contributed by atoms with Crippen molar-refractivity contribution in [2.75, 3.05) is 25.6 Å². The highest BCUT2D eigenvalue weighted by molar-refractivity contribution is 5.92. The van der Waals surface area contributed by atoms with Crippen LogP contribution < -0.4 is 5.32 Å². The van der Waals surface area contributed by atoms with Crippen molar-refractivity contribution in [3.63, 3.8) is 0 Å². The highest BCUT2D eigenvalue weighted by atomic mass is 16.5. The zero-order valence-corrected chi connectivity index (χ0v) is 11.1. The second-order valence-electron chi connectivity index (χ2n) is 4.37. The lowest BCUT2D eigenvalue weighted by molar-refractivity contribution is 0.0615. The third-order valence-corrected chi connectivity index (χ3v) is 2.86. The molecule has 0 amide bonds. The van der Waals surface area contributed by atoms with E-state index in [1.54, 1.807) is 24.4 Å². The number of pyridine rings is 1. The van der Waals surface area contributed by atoms with Crippen LogP contribution in [0, 0.1) is 0 Å². The topological polar surface area (TPSA) is 96.1 Å². The van der Waals surface area contributed by atoms with Gasteiger partial charge < -0.3 is 20.3 Å². The fourth-order valence-electron chi connectivity index (χ4n) is 1.96. The number of aromatic nitrogens is 2. The van der Waals surface area contributed by atoms with Crippen molar-refractivity contribution < 1.29 is 19.7 Å². The number of carboxylic acid groups (broad SMARTS) is 1. The van der Waals surface area contributed by atoms with Crippen molar-refractivity contribution in [3.8, 4) is 0 Å². The number of aromatic carboxylic acids is 1. The third kappa shape index (κ3) is 3.06. The predicted molar refractivity (Wildman–Crippen MR) is 73.1 cm³/mol. The van der Waals surface area contributed by atoms with E-state index in [1.165, 1.54) is 11.5 Å². The zero-order valence-electron chi connectivity index (χ0n) is 11.1. The van der Waals surface area contributed by atoms with Gasteiger partial charge in [0.05, 0.1) is 12.7 Å². The summed E-state index contributed by atoms with van der Waals surface area (Å²) in [7, 11) is 1.52. The smallest absolute Gasteiger partial charge is 0.356 e. The molecule has 0 saturated heterocycles. The van der Waals surface area contributed by atoms with Gasteiger partial charge in [-0.3, -0.25) is 4.40 Å². The molecule has 0 spiro atoms. The average Bonchev–Trinajstić information content (AvgIpc) is 2.77. The predicted octanol–water partition coefficient (Wildman–Crippen LogP) is 0.842. The van der Waals surface area contributed by atoms with Gasteiger partial charge >= 0.3 is 5.97 Å². The van der Waals surface area contributed by atoms with Gasteiger partial charge in [-0.15, -0.1) is 0 Å². The van der Waals surface area contributed by atoms with Crippen LogP contribution in [0.1, 0.15) is 16.9 Å². The highest BCUT2D eigenvalue weighted by Gasteiger charge is 2.18. The Morgan fingerprint density at radius 3 is 3.05 bits per heavy atom. The van der Waals surface area contributed by atoms with Crippen LogP contribution in [0.25, 0.3) is 5.65 Å². The molecule has 7 nitrogen and oxygen atoms in total. The Labute approximate surface area is 115 Å². The first-order valence-electron chi connectivity index (χ1n) is 6.24. The van der Waals surface area contributed by atoms with E-state index in [-0.39, 0.29) is 12.3 Å². The summed E-state index contributed by atoms with van der Waals surface area (Å²) in [5.41, 5.74) is 0.645. The van der Waals surface area contributed by atoms with Crippen LogP contribution in [0.5, 0.6) is 0 Å². The van der Waals surface area contributed by atoms with Crippen molar-refractivity contribution in [2.24, 2.45) is 0 Å². The Balaban J connectivity index is 2.13. The van der Waals surface area contributed by atoms with E-state index < -0.39 is 12.1 Å². The molecule has 0 saturated carbocycles. The van der Waals surface area contributed by atoms with Crippen molar-refractivity contribution in [2.45, 2.75) is 12.5 Å². The van der Waals surface area contributed by atoms with Gasteiger partial charge in [0.15, 0.2) is 11.5 Å². The van der Waals surface area contributed by atoms with E-state index in [4.69, 9.17) is 4.74 Å². The molecule has 3 N–H and O–H groups in total. The Bertz CT molecular complexity index is 596. The molecule has 0 radical (unpaired) electrons. The van der Waals surface area contributed by atoms with Crippen molar-refractivity contribution in [1.82, 2.24) is 9.38 Å². The molecule has 0 bridgehead atoms. The molecule has 1 atom stereocenters. The van der Waals surface area contributed by atoms with Gasteiger partial charge in [-0.05, 0) is 18.6 Å². The van der Waals surface area contributed by atoms with E-state index in [0.717, 1.165) is 0 Å². The van der Waals surface area contributed by atoms with Crippen LogP contribution in [0.3, 0.4) is 0 Å². The van der Waals surface area contributed by atoms with Gasteiger partial charge in [0.2, 0.25) is 0 Å². The number of carbonyl (C=O) groups is 1. The average molecular weight is 279 g/mol. The monoisotopic (exact) mass is 279 g/mol. The standard InChI is InChI=1S/C13H17N3O4/c1-20-8-9(17)5-6-14-12-11(13(18)19)16-7-3-2-4-10(16)15-12/h2-4,7,9,14,17H,5-6,8H2,1H3,(H,18,19). The van der Waals surface area contributed by atoms with Crippen LogP contribution in [0.15, 0.2) is 24.4 Å². The van der Waals surface area contributed by atoms with Gasteiger partial charge in [0, 0.05) is 19.9 Å². The summed E-state index contributed by atoms with van der Waals surface area (Å²) in [6, 6.07) is 5.27. The van der Waals surface area contributed by atoms with Gasteiger partial charge in [-0.25, -0.2) is 9.78 Å². The highest BCUT2D eigenvalue weighted by Crippen LogP contribution is 2.17. The number of aliphatic hydroxyl groups is 1. The Morgan fingerprint density at radius 1 is 1.55 bits per heavy atom. The number of hydrogen-bond acceptors (Lipinski definition) is 5. The lowest BCUT2D eigenvalue weighted by atomic mass is 10.2. The molecule has 0 aliphatic carbocycles. The molecule has 0 aromatic carbocycles. The summed E-state index contributed by atoms with van der Waals surface area (Å²) < 4.78 is 6.33. The summed E-state index contributed by atoms with van der Waals surface area (Å²) >= 11 is 0. The molecule has 0 aliphatic heterocycles. The molecule has 7 heteroatoms. The Hall–Kier alpha value is -2.12. The van der Waals surface area contributed by atoms with E-state index in [2.05, 4.69) is 10.3 Å². The van der Waals surface area contributed by atoms with E-state index >= 15 is 0 Å². The summed E-state index contributed by atoms with van der Waals surface area (Å²) in [4.78, 5) is 15.6. The molecular weight excluding hydrogens is 262 g/mol. The first kappa shape index (κ1) is 14.3. The van der Waals surface area contributed by atoms with Gasteiger partial charge in [-0.1, -0.05) is 6.07 Å². The molecule has 2 rings (SSSR count). The van der Waals surface area contributed by atoms with Gasteiger partial charge in [-0.2, -0.15) is 0 Å². The number of fused-ring (bicyclic) bond motifs is 1. The second kappa shape index (κ2) is 6.36. The normalized spacial score (nSPS) is 12.5. The first-order chi connectivity index (χ1) is 9.63. The minimum atomic E-state index is -1.05. The Morgan fingerprint density at radius 2 is 2.35 bits per heavy atom. The Kier molecular flexibility index (Phi) is 4.54. The summed E-state index contributed by atoms with van der Waals surface area (Å²) in [6.07, 6.45) is 1.51. The maximum atomic E-state index is 11.3.